The van der Waals surface area contributed by atoms with E-state index in [1.807, 2.05) is 0 Å². The van der Waals surface area contributed by atoms with E-state index in [1.54, 1.807) is 6.07 Å². The predicted octanol–water partition coefficient (Wildman–Crippen LogP) is 3.39. The van der Waals surface area contributed by atoms with Crippen molar-refractivity contribution in [3.05, 3.63) is 35.1 Å². The fourth-order valence-corrected chi connectivity index (χ4v) is 3.15. The van der Waals surface area contributed by atoms with E-state index < -0.39 is 11.8 Å². The number of halogens is 1. The summed E-state index contributed by atoms with van der Waals surface area (Å²) in [6.45, 7) is 8.16. The summed E-state index contributed by atoms with van der Waals surface area (Å²) in [5.74, 6) is -0.368. The van der Waals surface area contributed by atoms with Gasteiger partial charge in [-0.15, -0.1) is 0 Å². The van der Waals surface area contributed by atoms with Crippen LogP contribution in [0.1, 0.15) is 43.1 Å². The highest BCUT2D eigenvalue weighted by Gasteiger charge is 2.29. The van der Waals surface area contributed by atoms with Gasteiger partial charge in [-0.3, -0.25) is 4.90 Å². The lowest BCUT2D eigenvalue weighted by molar-refractivity contribution is 0.0664. The minimum Gasteiger partial charge on any atom is -0.478 e. The molecule has 1 aromatic rings. The first-order valence-corrected chi connectivity index (χ1v) is 7.14. The average molecular weight is 279 g/mol. The number of carbonyl (C=O) groups is 1. The molecule has 0 amide bonds. The van der Waals surface area contributed by atoms with Crippen LogP contribution in [0.4, 0.5) is 4.39 Å². The summed E-state index contributed by atoms with van der Waals surface area (Å²) >= 11 is 0. The van der Waals surface area contributed by atoms with Crippen molar-refractivity contribution in [2.75, 3.05) is 6.54 Å². The van der Waals surface area contributed by atoms with Crippen molar-refractivity contribution in [3.8, 4) is 0 Å². The van der Waals surface area contributed by atoms with Gasteiger partial charge in [0, 0.05) is 19.1 Å². The molecule has 0 saturated carbocycles. The van der Waals surface area contributed by atoms with Gasteiger partial charge in [-0.05, 0) is 42.9 Å². The highest BCUT2D eigenvalue weighted by atomic mass is 19.1. The number of aromatic carboxylic acids is 1. The van der Waals surface area contributed by atoms with Crippen LogP contribution in [0.15, 0.2) is 18.2 Å². The number of piperidine rings is 1. The maximum Gasteiger partial charge on any atom is 0.336 e. The Morgan fingerprint density at radius 1 is 1.40 bits per heavy atom. The highest BCUT2D eigenvalue weighted by molar-refractivity contribution is 5.89. The van der Waals surface area contributed by atoms with Gasteiger partial charge >= 0.3 is 5.97 Å². The molecule has 0 aromatic heterocycles. The van der Waals surface area contributed by atoms with Gasteiger partial charge in [-0.1, -0.05) is 19.9 Å². The second-order valence-electron chi connectivity index (χ2n) is 6.09. The van der Waals surface area contributed by atoms with Crippen molar-refractivity contribution in [2.45, 2.75) is 39.8 Å². The van der Waals surface area contributed by atoms with E-state index in [0.717, 1.165) is 12.6 Å². The van der Waals surface area contributed by atoms with E-state index in [1.165, 1.54) is 12.5 Å². The fraction of sp³-hybridized carbons (Fsp3) is 0.562. The van der Waals surface area contributed by atoms with Gasteiger partial charge in [0.05, 0.1) is 5.56 Å². The third kappa shape index (κ3) is 3.18. The largest absolute Gasteiger partial charge is 0.478 e. The van der Waals surface area contributed by atoms with Gasteiger partial charge in [-0.25, -0.2) is 9.18 Å². The number of carboxylic acids is 1. The Morgan fingerprint density at radius 3 is 2.75 bits per heavy atom. The van der Waals surface area contributed by atoms with E-state index in [0.29, 0.717) is 30.0 Å². The van der Waals surface area contributed by atoms with Gasteiger partial charge in [0.15, 0.2) is 0 Å². The molecule has 0 bridgehead atoms. The lowest BCUT2D eigenvalue weighted by Crippen LogP contribution is -2.45. The summed E-state index contributed by atoms with van der Waals surface area (Å²) in [7, 11) is 0. The zero-order valence-electron chi connectivity index (χ0n) is 12.3. The zero-order chi connectivity index (χ0) is 14.9. The molecule has 1 aromatic carbocycles. The van der Waals surface area contributed by atoms with Crippen molar-refractivity contribution in [1.82, 2.24) is 4.90 Å². The molecule has 3 atom stereocenters. The smallest absolute Gasteiger partial charge is 0.336 e. The first kappa shape index (κ1) is 15.0. The second kappa shape index (κ2) is 5.92. The predicted molar refractivity (Wildman–Crippen MR) is 76.2 cm³/mol. The number of likely N-dealkylation sites (tertiary alicyclic amines) is 1. The Bertz CT molecular complexity index is 503. The zero-order valence-corrected chi connectivity index (χ0v) is 12.3. The summed E-state index contributed by atoms with van der Waals surface area (Å²) in [5, 5.41) is 9.20. The summed E-state index contributed by atoms with van der Waals surface area (Å²) in [4.78, 5) is 13.5. The van der Waals surface area contributed by atoms with Crippen molar-refractivity contribution in [3.63, 3.8) is 0 Å². The number of carboxylic acid groups (broad SMARTS) is 1. The normalized spacial score (nSPS) is 27.5. The Balaban J connectivity index is 2.23. The second-order valence-corrected chi connectivity index (χ2v) is 6.09. The SMILES string of the molecule is CC1CC(C)C(C)N(Cc2ccc(F)cc2C(=O)O)C1. The minimum atomic E-state index is -1.06. The molecule has 4 heteroatoms. The Labute approximate surface area is 119 Å². The van der Waals surface area contributed by atoms with Crippen LogP contribution in [0.5, 0.6) is 0 Å². The van der Waals surface area contributed by atoms with Gasteiger partial charge in [0.25, 0.3) is 0 Å². The molecular weight excluding hydrogens is 257 g/mol. The number of hydrogen-bond acceptors (Lipinski definition) is 2. The van der Waals surface area contributed by atoms with Crippen molar-refractivity contribution < 1.29 is 14.3 Å². The Hall–Kier alpha value is -1.42. The third-order valence-electron chi connectivity index (χ3n) is 4.40. The van der Waals surface area contributed by atoms with Gasteiger partial charge in [0.1, 0.15) is 5.82 Å². The first-order valence-electron chi connectivity index (χ1n) is 7.14. The molecule has 3 unspecified atom stereocenters. The molecule has 0 spiro atoms. The molecule has 0 aliphatic carbocycles. The number of hydrogen-bond donors (Lipinski definition) is 1. The lowest BCUT2D eigenvalue weighted by atomic mass is 9.85. The van der Waals surface area contributed by atoms with Crippen LogP contribution in [0.25, 0.3) is 0 Å². The van der Waals surface area contributed by atoms with Crippen molar-refractivity contribution in [2.24, 2.45) is 11.8 Å². The molecule has 1 heterocycles. The molecule has 110 valence electrons. The topological polar surface area (TPSA) is 40.5 Å². The molecule has 1 aliphatic heterocycles. The maximum atomic E-state index is 13.2. The first-order chi connectivity index (χ1) is 9.38. The number of rotatable bonds is 3. The molecule has 1 saturated heterocycles. The standard InChI is InChI=1S/C16H22FNO2/c1-10-6-11(2)12(3)18(8-10)9-13-4-5-14(17)7-15(13)16(19)20/h4-5,7,10-12H,6,8-9H2,1-3H3,(H,19,20). The van der Waals surface area contributed by atoms with Gasteiger partial charge < -0.3 is 5.11 Å². The van der Waals surface area contributed by atoms with E-state index in [9.17, 15) is 14.3 Å². The monoisotopic (exact) mass is 279 g/mol. The summed E-state index contributed by atoms with van der Waals surface area (Å²) in [6, 6.07) is 4.45. The molecule has 1 fully saturated rings. The van der Waals surface area contributed by atoms with E-state index >= 15 is 0 Å². The molecular formula is C16H22FNO2. The van der Waals surface area contributed by atoms with Crippen LogP contribution >= 0.6 is 0 Å². The Kier molecular flexibility index (Phi) is 4.43. The van der Waals surface area contributed by atoms with Crippen LogP contribution in [0.3, 0.4) is 0 Å². The van der Waals surface area contributed by atoms with E-state index in [2.05, 4.69) is 25.7 Å². The molecule has 1 aliphatic rings. The van der Waals surface area contributed by atoms with Crippen LogP contribution in [-0.4, -0.2) is 28.6 Å². The van der Waals surface area contributed by atoms with Gasteiger partial charge in [-0.2, -0.15) is 0 Å². The Morgan fingerprint density at radius 2 is 2.10 bits per heavy atom. The van der Waals surface area contributed by atoms with Crippen LogP contribution in [-0.2, 0) is 6.54 Å². The number of benzene rings is 1. The summed E-state index contributed by atoms with van der Waals surface area (Å²) in [5.41, 5.74) is 0.759. The van der Waals surface area contributed by atoms with Crippen LogP contribution in [0, 0.1) is 17.7 Å². The van der Waals surface area contributed by atoms with E-state index in [-0.39, 0.29) is 5.56 Å². The quantitative estimate of drug-likeness (QED) is 0.922. The molecule has 2 rings (SSSR count). The van der Waals surface area contributed by atoms with Crippen molar-refractivity contribution >= 4 is 5.97 Å². The molecule has 20 heavy (non-hydrogen) atoms. The maximum absolute atomic E-state index is 13.2. The molecule has 1 N–H and O–H groups in total. The lowest BCUT2D eigenvalue weighted by Gasteiger charge is -2.41. The highest BCUT2D eigenvalue weighted by Crippen LogP contribution is 2.28. The summed E-state index contributed by atoms with van der Waals surface area (Å²) in [6.07, 6.45) is 1.20. The number of nitrogens with zero attached hydrogens (tertiary/aromatic N) is 1. The van der Waals surface area contributed by atoms with E-state index in [4.69, 9.17) is 0 Å². The van der Waals surface area contributed by atoms with Gasteiger partial charge in [0.2, 0.25) is 0 Å². The average Bonchev–Trinajstić information content (AvgIpc) is 2.37. The molecule has 0 radical (unpaired) electrons. The van der Waals surface area contributed by atoms with Crippen molar-refractivity contribution in [1.29, 1.82) is 0 Å². The fourth-order valence-electron chi connectivity index (χ4n) is 3.15. The van der Waals surface area contributed by atoms with Crippen LogP contribution in [0.2, 0.25) is 0 Å². The summed E-state index contributed by atoms with van der Waals surface area (Å²) < 4.78 is 13.2. The third-order valence-corrected chi connectivity index (χ3v) is 4.40. The molecule has 3 nitrogen and oxygen atoms in total. The minimum absolute atomic E-state index is 0.0723. The van der Waals surface area contributed by atoms with Crippen LogP contribution < -0.4 is 0 Å².